The number of oxime groups is 1. The number of hydrogen-bond acceptors (Lipinski definition) is 20. The van der Waals surface area contributed by atoms with E-state index in [4.69, 9.17) is 42.7 Å². The van der Waals surface area contributed by atoms with Crippen LogP contribution >= 0.6 is 0 Å². The molecule has 20 nitrogen and oxygen atoms in total. The lowest BCUT2D eigenvalue weighted by atomic mass is 9.73. The lowest BCUT2D eigenvalue weighted by molar-refractivity contribution is -0.318. The van der Waals surface area contributed by atoms with E-state index in [0.717, 1.165) is 0 Å². The summed E-state index contributed by atoms with van der Waals surface area (Å²) in [6.45, 7) is 15.7. The van der Waals surface area contributed by atoms with Crippen LogP contribution in [0.5, 0.6) is 0 Å². The minimum atomic E-state index is -2.11. The molecule has 0 bridgehead atoms. The van der Waals surface area contributed by atoms with Crippen LogP contribution in [0.3, 0.4) is 0 Å². The van der Waals surface area contributed by atoms with Gasteiger partial charge in [0.15, 0.2) is 25.0 Å². The SMILES string of the molecule is CC[C@@H]1OC(=O)[C@H](C)[C@@H](O[C@H]2C[C@@](C)(OC)[C@@H](O)[C@H](C)O2)[C@H](C)[C@@H](O[C@@H]2O[C@H](C)C[C@H](N(C)C)[C@H]2O)[C@](C)(O)C[C@@H](C)/C(=N\O[C@H]2[C@@H](O)[C@H](OC)O[C@H](CO)[C@H]2O)[C@H](C)[C@@H](O)[C@]1(C)O. The van der Waals surface area contributed by atoms with E-state index in [1.54, 1.807) is 48.5 Å². The van der Waals surface area contributed by atoms with Gasteiger partial charge >= 0.3 is 5.97 Å². The second kappa shape index (κ2) is 22.2. The summed E-state index contributed by atoms with van der Waals surface area (Å²) in [6.07, 6.45) is -17.9. The highest BCUT2D eigenvalue weighted by molar-refractivity contribution is 5.88. The Hall–Kier alpha value is -1.70. The summed E-state index contributed by atoms with van der Waals surface area (Å²) in [4.78, 5) is 22.2. The van der Waals surface area contributed by atoms with E-state index in [9.17, 15) is 45.6 Å². The third kappa shape index (κ3) is 11.8. The maximum Gasteiger partial charge on any atom is 0.311 e. The van der Waals surface area contributed by atoms with E-state index in [2.05, 4.69) is 5.16 Å². The molecule has 0 aromatic carbocycles. The highest BCUT2D eigenvalue weighted by atomic mass is 16.7. The van der Waals surface area contributed by atoms with Crippen molar-refractivity contribution in [1.82, 2.24) is 4.90 Å². The molecule has 20 heteroatoms. The lowest BCUT2D eigenvalue weighted by Gasteiger charge is -2.49. The summed E-state index contributed by atoms with van der Waals surface area (Å²) < 4.78 is 48.4. The van der Waals surface area contributed by atoms with Crippen LogP contribution in [-0.2, 0) is 47.5 Å². The fraction of sp³-hybridized carbons (Fsp3) is 0.955. The molecule has 0 radical (unpaired) electrons. The van der Waals surface area contributed by atoms with Crippen molar-refractivity contribution in [2.75, 3.05) is 34.9 Å². The summed E-state index contributed by atoms with van der Waals surface area (Å²) in [5, 5.41) is 96.3. The molecule has 0 aromatic heterocycles. The average molecular weight is 925 g/mol. The van der Waals surface area contributed by atoms with Crippen molar-refractivity contribution < 1.29 is 88.4 Å². The second-order valence-electron chi connectivity index (χ2n) is 19.6. The maximum absolute atomic E-state index is 14.5. The molecule has 8 N–H and O–H groups in total. The normalized spacial score (nSPS) is 49.9. The Morgan fingerprint density at radius 2 is 1.45 bits per heavy atom. The largest absolute Gasteiger partial charge is 0.459 e. The van der Waals surface area contributed by atoms with Gasteiger partial charge in [0.1, 0.15) is 42.2 Å². The van der Waals surface area contributed by atoms with E-state index in [1.165, 1.54) is 28.1 Å². The second-order valence-corrected chi connectivity index (χ2v) is 19.6. The van der Waals surface area contributed by atoms with Crippen molar-refractivity contribution in [2.45, 2.75) is 210 Å². The van der Waals surface area contributed by atoms with Crippen LogP contribution in [0.4, 0.5) is 0 Å². The summed E-state index contributed by atoms with van der Waals surface area (Å²) >= 11 is 0. The topological polar surface area (TPSA) is 278 Å². The number of ether oxygens (including phenoxy) is 8. The monoisotopic (exact) mass is 925 g/mol. The molecule has 0 spiro atoms. The quantitative estimate of drug-likeness (QED) is 0.100. The number of likely N-dealkylation sites (N-methyl/N-ethyl adjacent to an activating group) is 1. The number of methoxy groups -OCH3 is 2. The molecule has 64 heavy (non-hydrogen) atoms. The molecule has 0 unspecified atom stereocenters. The van der Waals surface area contributed by atoms with Gasteiger partial charge in [-0.15, -0.1) is 0 Å². The Morgan fingerprint density at radius 1 is 0.812 bits per heavy atom. The van der Waals surface area contributed by atoms with Crippen LogP contribution < -0.4 is 0 Å². The molecule has 23 atom stereocenters. The van der Waals surface area contributed by atoms with Crippen LogP contribution in [0.2, 0.25) is 0 Å². The molecule has 0 aromatic rings. The van der Waals surface area contributed by atoms with Crippen molar-refractivity contribution in [3.05, 3.63) is 0 Å². The Balaban J connectivity index is 1.90. The van der Waals surface area contributed by atoms with E-state index >= 15 is 0 Å². The summed E-state index contributed by atoms with van der Waals surface area (Å²) in [7, 11) is 6.39. The molecule has 374 valence electrons. The molecular weight excluding hydrogens is 844 g/mol. The predicted octanol–water partition coefficient (Wildman–Crippen LogP) is 0.0431. The van der Waals surface area contributed by atoms with E-state index in [0.29, 0.717) is 6.42 Å². The van der Waals surface area contributed by atoms with E-state index in [-0.39, 0.29) is 31.1 Å². The summed E-state index contributed by atoms with van der Waals surface area (Å²) in [6, 6.07) is -0.390. The first kappa shape index (κ1) is 54.9. The van der Waals surface area contributed by atoms with Crippen LogP contribution in [0.15, 0.2) is 5.16 Å². The number of esters is 1. The highest BCUT2D eigenvalue weighted by Crippen LogP contribution is 2.41. The average Bonchev–Trinajstić information content (AvgIpc) is 3.23. The first-order chi connectivity index (χ1) is 29.7. The van der Waals surface area contributed by atoms with Crippen molar-refractivity contribution >= 4 is 11.7 Å². The minimum absolute atomic E-state index is 0.0440. The van der Waals surface area contributed by atoms with Gasteiger partial charge in [0.25, 0.3) is 0 Å². The zero-order chi connectivity index (χ0) is 48.4. The Labute approximate surface area is 378 Å². The van der Waals surface area contributed by atoms with Gasteiger partial charge in [-0.3, -0.25) is 4.79 Å². The first-order valence-electron chi connectivity index (χ1n) is 22.6. The molecule has 4 rings (SSSR count). The number of carbonyl (C=O) groups is 1. The van der Waals surface area contributed by atoms with E-state index in [1.807, 2.05) is 25.9 Å². The van der Waals surface area contributed by atoms with Crippen molar-refractivity contribution in [3.63, 3.8) is 0 Å². The first-order valence-corrected chi connectivity index (χ1v) is 22.6. The fourth-order valence-electron chi connectivity index (χ4n) is 10.1. The molecule has 0 aliphatic carbocycles. The zero-order valence-electron chi connectivity index (χ0n) is 40.1. The molecule has 4 aliphatic heterocycles. The molecular formula is C44H80N2O18. The van der Waals surface area contributed by atoms with Gasteiger partial charge in [-0.2, -0.15) is 0 Å². The molecule has 0 saturated carbocycles. The number of aliphatic hydroxyl groups excluding tert-OH is 6. The van der Waals surface area contributed by atoms with Gasteiger partial charge in [0.2, 0.25) is 0 Å². The van der Waals surface area contributed by atoms with Gasteiger partial charge in [-0.05, 0) is 74.9 Å². The molecule has 4 heterocycles. The zero-order valence-corrected chi connectivity index (χ0v) is 40.1. The lowest BCUT2D eigenvalue weighted by Crippen LogP contribution is -2.61. The van der Waals surface area contributed by atoms with Crippen LogP contribution in [0.25, 0.3) is 0 Å². The minimum Gasteiger partial charge on any atom is -0.459 e. The van der Waals surface area contributed by atoms with Gasteiger partial charge < -0.3 is 88.5 Å². The van der Waals surface area contributed by atoms with E-state index < -0.39 is 145 Å². The number of carbonyl (C=O) groups excluding carboxylic acids is 1. The summed E-state index contributed by atoms with van der Waals surface area (Å²) in [5.41, 5.74) is -5.07. The number of nitrogens with zero attached hydrogens (tertiary/aromatic N) is 2. The fourth-order valence-corrected chi connectivity index (χ4v) is 10.1. The molecule has 4 saturated heterocycles. The molecule has 4 fully saturated rings. The van der Waals surface area contributed by atoms with Crippen molar-refractivity contribution in [1.29, 1.82) is 0 Å². The molecule has 4 aliphatic rings. The smallest absolute Gasteiger partial charge is 0.311 e. The predicted molar refractivity (Wildman–Crippen MR) is 228 cm³/mol. The van der Waals surface area contributed by atoms with Crippen molar-refractivity contribution in [3.8, 4) is 0 Å². The van der Waals surface area contributed by atoms with Gasteiger partial charge in [0, 0.05) is 44.4 Å². The Kier molecular flexibility index (Phi) is 19.0. The Morgan fingerprint density at radius 3 is 2.02 bits per heavy atom. The number of hydrogen-bond donors (Lipinski definition) is 8. The number of aliphatic hydroxyl groups is 8. The number of rotatable bonds is 11. The van der Waals surface area contributed by atoms with Crippen LogP contribution in [-0.4, -0.2) is 207 Å². The van der Waals surface area contributed by atoms with Gasteiger partial charge in [-0.25, -0.2) is 0 Å². The van der Waals surface area contributed by atoms with Crippen LogP contribution in [0, 0.1) is 23.7 Å². The third-order valence-corrected chi connectivity index (χ3v) is 14.2. The molecule has 0 amide bonds. The van der Waals surface area contributed by atoms with Gasteiger partial charge in [0.05, 0.1) is 60.0 Å². The standard InChI is InChI=1S/C44H80N2O18/c1-15-28-44(10,55)36(51)22(4)30(45-64-35-32(49)27(19-47)60-40(56-13)33(35)50)20(2)17-42(8,54)38(63-41-31(48)26(46(11)12)16-21(3)58-41)23(5)34(24(6)39(53)61-28)62-29-18-43(9,57-14)37(52)25(7)59-29/h20-29,31-38,40-41,47-52,54-55H,15-19H2,1-14H3/b45-30+/t20-,21-,22+,23+,24-,25+,26+,27-,28+,29+,31-,32-,33-,34+,35-,36-,37+,38-,40-,41+,42-,43-,44-/m1/s1. The van der Waals surface area contributed by atoms with Gasteiger partial charge in [-0.1, -0.05) is 32.9 Å². The summed E-state index contributed by atoms with van der Waals surface area (Å²) in [5.74, 6) is -4.82. The third-order valence-electron chi connectivity index (χ3n) is 14.2. The number of cyclic esters (lactones) is 1. The van der Waals surface area contributed by atoms with Crippen molar-refractivity contribution in [2.24, 2.45) is 28.8 Å². The van der Waals surface area contributed by atoms with Crippen LogP contribution in [0.1, 0.15) is 94.9 Å². The highest BCUT2D eigenvalue weighted by Gasteiger charge is 2.54. The Bertz CT molecular complexity index is 1510. The maximum atomic E-state index is 14.5.